The highest BCUT2D eigenvalue weighted by Gasteiger charge is 2.00. The van der Waals surface area contributed by atoms with Crippen LogP contribution in [0.25, 0.3) is 0 Å². The molecule has 0 fully saturated rings. The van der Waals surface area contributed by atoms with E-state index < -0.39 is 0 Å². The molecule has 2 N–H and O–H groups in total. The maximum Gasteiger partial charge on any atom is 0.213 e. The zero-order valence-electron chi connectivity index (χ0n) is 9.13. The number of ether oxygens (including phenoxy) is 1. The highest BCUT2D eigenvalue weighted by Crippen LogP contribution is 2.08. The van der Waals surface area contributed by atoms with Gasteiger partial charge in [-0.15, -0.1) is 0 Å². The van der Waals surface area contributed by atoms with Crippen molar-refractivity contribution in [2.45, 2.75) is 13.1 Å². The fourth-order valence-electron chi connectivity index (χ4n) is 1.44. The van der Waals surface area contributed by atoms with Gasteiger partial charge in [-0.2, -0.15) is 0 Å². The van der Waals surface area contributed by atoms with Crippen molar-refractivity contribution in [3.8, 4) is 5.88 Å². The highest BCUT2D eigenvalue weighted by molar-refractivity contribution is 5.16. The van der Waals surface area contributed by atoms with Gasteiger partial charge in [0, 0.05) is 18.8 Å². The second kappa shape index (κ2) is 4.76. The van der Waals surface area contributed by atoms with Crippen LogP contribution >= 0.6 is 0 Å². The van der Waals surface area contributed by atoms with Crippen LogP contribution in [-0.4, -0.2) is 21.6 Å². The molecule has 16 heavy (non-hydrogen) atoms. The molecule has 5 heteroatoms. The van der Waals surface area contributed by atoms with Gasteiger partial charge in [-0.1, -0.05) is 6.07 Å². The molecule has 2 aromatic rings. The molecule has 0 spiro atoms. The van der Waals surface area contributed by atoms with E-state index in [1.54, 1.807) is 13.4 Å². The third kappa shape index (κ3) is 2.38. The maximum absolute atomic E-state index is 5.49. The number of hydrogen-bond donors (Lipinski definition) is 1. The number of hydrogen-bond acceptors (Lipinski definition) is 4. The SMILES string of the molecule is COc1cccc(Cn2cnc(CN)c2)n1. The molecule has 0 saturated carbocycles. The van der Waals surface area contributed by atoms with E-state index >= 15 is 0 Å². The fourth-order valence-corrected chi connectivity index (χ4v) is 1.44. The predicted octanol–water partition coefficient (Wildman–Crippen LogP) is 0.794. The summed E-state index contributed by atoms with van der Waals surface area (Å²) < 4.78 is 7.01. The van der Waals surface area contributed by atoms with E-state index in [1.807, 2.05) is 29.0 Å². The first-order valence-corrected chi connectivity index (χ1v) is 5.02. The maximum atomic E-state index is 5.49. The first-order chi connectivity index (χ1) is 7.81. The average Bonchev–Trinajstić information content (AvgIpc) is 2.77. The Bertz CT molecular complexity index is 467. The molecule has 2 aromatic heterocycles. The van der Waals surface area contributed by atoms with Crippen molar-refractivity contribution < 1.29 is 4.74 Å². The van der Waals surface area contributed by atoms with Crippen LogP contribution in [0.4, 0.5) is 0 Å². The molecule has 0 amide bonds. The molecule has 2 heterocycles. The van der Waals surface area contributed by atoms with Crippen molar-refractivity contribution in [2.75, 3.05) is 7.11 Å². The second-order valence-corrected chi connectivity index (χ2v) is 3.41. The number of nitrogens with two attached hydrogens (primary N) is 1. The highest BCUT2D eigenvalue weighted by atomic mass is 16.5. The molecular weight excluding hydrogens is 204 g/mol. The summed E-state index contributed by atoms with van der Waals surface area (Å²) in [4.78, 5) is 8.47. The molecular formula is C11H14N4O. The topological polar surface area (TPSA) is 66.0 Å². The monoisotopic (exact) mass is 218 g/mol. The van der Waals surface area contributed by atoms with E-state index in [1.165, 1.54) is 0 Å². The van der Waals surface area contributed by atoms with Crippen LogP contribution in [0.1, 0.15) is 11.4 Å². The largest absolute Gasteiger partial charge is 0.481 e. The van der Waals surface area contributed by atoms with Gasteiger partial charge in [0.25, 0.3) is 0 Å². The average molecular weight is 218 g/mol. The predicted molar refractivity (Wildman–Crippen MR) is 60.0 cm³/mol. The molecule has 0 aromatic carbocycles. The molecule has 0 unspecified atom stereocenters. The first-order valence-electron chi connectivity index (χ1n) is 5.02. The number of methoxy groups -OCH3 is 1. The van der Waals surface area contributed by atoms with E-state index in [4.69, 9.17) is 10.5 Å². The van der Waals surface area contributed by atoms with Crippen LogP contribution < -0.4 is 10.5 Å². The minimum absolute atomic E-state index is 0.457. The zero-order chi connectivity index (χ0) is 11.4. The lowest BCUT2D eigenvalue weighted by molar-refractivity contribution is 0.396. The Kier molecular flexibility index (Phi) is 3.16. The summed E-state index contributed by atoms with van der Waals surface area (Å²) in [6.45, 7) is 1.13. The number of pyridine rings is 1. The van der Waals surface area contributed by atoms with Gasteiger partial charge in [0.15, 0.2) is 0 Å². The second-order valence-electron chi connectivity index (χ2n) is 3.41. The van der Waals surface area contributed by atoms with E-state index in [2.05, 4.69) is 9.97 Å². The molecule has 0 saturated heterocycles. The summed E-state index contributed by atoms with van der Waals surface area (Å²) in [5, 5.41) is 0. The van der Waals surface area contributed by atoms with Gasteiger partial charge in [0.05, 0.1) is 31.4 Å². The Morgan fingerprint density at radius 1 is 1.38 bits per heavy atom. The number of imidazole rings is 1. The molecule has 5 nitrogen and oxygen atoms in total. The molecule has 0 aliphatic heterocycles. The minimum atomic E-state index is 0.457. The minimum Gasteiger partial charge on any atom is -0.481 e. The quantitative estimate of drug-likeness (QED) is 0.824. The van der Waals surface area contributed by atoms with Crippen molar-refractivity contribution in [2.24, 2.45) is 5.73 Å². The normalized spacial score (nSPS) is 10.4. The molecule has 2 rings (SSSR count). The van der Waals surface area contributed by atoms with E-state index in [-0.39, 0.29) is 0 Å². The molecule has 0 atom stereocenters. The Morgan fingerprint density at radius 2 is 2.25 bits per heavy atom. The van der Waals surface area contributed by atoms with Crippen molar-refractivity contribution in [3.63, 3.8) is 0 Å². The molecule has 0 radical (unpaired) electrons. The molecule has 0 aliphatic rings. The Labute approximate surface area is 93.9 Å². The summed E-state index contributed by atoms with van der Waals surface area (Å²) in [6, 6.07) is 5.69. The van der Waals surface area contributed by atoms with Crippen molar-refractivity contribution in [1.82, 2.24) is 14.5 Å². The third-order valence-electron chi connectivity index (χ3n) is 2.23. The van der Waals surface area contributed by atoms with Gasteiger partial charge in [0.2, 0.25) is 5.88 Å². The lowest BCUT2D eigenvalue weighted by Gasteiger charge is -2.03. The van der Waals surface area contributed by atoms with E-state index in [0.717, 1.165) is 11.4 Å². The Balaban J connectivity index is 2.13. The first kappa shape index (κ1) is 10.6. The van der Waals surface area contributed by atoms with E-state index in [9.17, 15) is 0 Å². The lowest BCUT2D eigenvalue weighted by Crippen LogP contribution is -2.00. The Hall–Kier alpha value is -1.88. The molecule has 0 bridgehead atoms. The van der Waals surface area contributed by atoms with Gasteiger partial charge < -0.3 is 15.0 Å². The van der Waals surface area contributed by atoms with Gasteiger partial charge in [-0.25, -0.2) is 9.97 Å². The summed E-state index contributed by atoms with van der Waals surface area (Å²) >= 11 is 0. The standard InChI is InChI=1S/C11H14N4O/c1-16-11-4-2-3-9(14-11)6-15-7-10(5-12)13-8-15/h2-4,7-8H,5-6,12H2,1H3. The van der Waals surface area contributed by atoms with Crippen LogP contribution in [-0.2, 0) is 13.1 Å². The van der Waals surface area contributed by atoms with Crippen LogP contribution in [0, 0.1) is 0 Å². The summed E-state index contributed by atoms with van der Waals surface area (Å²) in [7, 11) is 1.61. The summed E-state index contributed by atoms with van der Waals surface area (Å²) in [5.74, 6) is 0.622. The van der Waals surface area contributed by atoms with Gasteiger partial charge >= 0.3 is 0 Å². The fraction of sp³-hybridized carbons (Fsp3) is 0.273. The van der Waals surface area contributed by atoms with Crippen molar-refractivity contribution in [1.29, 1.82) is 0 Å². The van der Waals surface area contributed by atoms with Crippen LogP contribution in [0.3, 0.4) is 0 Å². The zero-order valence-corrected chi connectivity index (χ0v) is 9.13. The summed E-state index contributed by atoms with van der Waals surface area (Å²) in [6.07, 6.45) is 3.67. The molecule has 0 aliphatic carbocycles. The van der Waals surface area contributed by atoms with Crippen LogP contribution in [0.2, 0.25) is 0 Å². The van der Waals surface area contributed by atoms with Crippen LogP contribution in [0.15, 0.2) is 30.7 Å². The number of aromatic nitrogens is 3. The summed E-state index contributed by atoms with van der Waals surface area (Å²) in [5.41, 5.74) is 7.30. The van der Waals surface area contributed by atoms with E-state index in [0.29, 0.717) is 19.0 Å². The lowest BCUT2D eigenvalue weighted by atomic mass is 10.3. The van der Waals surface area contributed by atoms with Gasteiger partial charge in [-0.05, 0) is 6.07 Å². The van der Waals surface area contributed by atoms with Gasteiger partial charge in [0.1, 0.15) is 0 Å². The van der Waals surface area contributed by atoms with Crippen molar-refractivity contribution in [3.05, 3.63) is 42.1 Å². The molecule has 84 valence electrons. The smallest absolute Gasteiger partial charge is 0.213 e. The number of rotatable bonds is 4. The third-order valence-corrected chi connectivity index (χ3v) is 2.23. The van der Waals surface area contributed by atoms with Crippen molar-refractivity contribution >= 4 is 0 Å². The van der Waals surface area contributed by atoms with Gasteiger partial charge in [-0.3, -0.25) is 0 Å². The Morgan fingerprint density at radius 3 is 2.94 bits per heavy atom. The number of nitrogens with zero attached hydrogens (tertiary/aromatic N) is 3. The van der Waals surface area contributed by atoms with Crippen LogP contribution in [0.5, 0.6) is 5.88 Å².